The van der Waals surface area contributed by atoms with Crippen LogP contribution in [0.2, 0.25) is 0 Å². The average molecular weight is 361 g/mol. The van der Waals surface area contributed by atoms with Crippen molar-refractivity contribution in [3.63, 3.8) is 0 Å². The van der Waals surface area contributed by atoms with Gasteiger partial charge in [0.1, 0.15) is 5.76 Å². The fraction of sp³-hybridized carbons (Fsp3) is 0.800. The van der Waals surface area contributed by atoms with Gasteiger partial charge in [-0.1, -0.05) is 5.16 Å². The molecular weight excluding hydrogens is 328 g/mol. The van der Waals surface area contributed by atoms with Crippen LogP contribution in [0.15, 0.2) is 10.6 Å². The van der Waals surface area contributed by atoms with Gasteiger partial charge in [0, 0.05) is 43.2 Å². The summed E-state index contributed by atoms with van der Waals surface area (Å²) in [7, 11) is 0. The monoisotopic (exact) mass is 360 g/mol. The fourth-order valence-electron chi connectivity index (χ4n) is 4.54. The van der Waals surface area contributed by atoms with Crippen LogP contribution in [0, 0.1) is 5.92 Å². The van der Waals surface area contributed by atoms with E-state index >= 15 is 0 Å². The molecule has 6 nitrogen and oxygen atoms in total. The number of carbonyl (C=O) groups excluding carboxylic acids is 1. The molecule has 2 heterocycles. The highest BCUT2D eigenvalue weighted by Crippen LogP contribution is 2.40. The Kier molecular flexibility index (Phi) is 5.32. The summed E-state index contributed by atoms with van der Waals surface area (Å²) < 4.78 is 5.30. The lowest BCUT2D eigenvalue weighted by Gasteiger charge is -2.40. The largest absolute Gasteiger partial charge is 0.360 e. The van der Waals surface area contributed by atoms with E-state index in [4.69, 9.17) is 10.3 Å². The molecule has 26 heavy (non-hydrogen) atoms. The van der Waals surface area contributed by atoms with Crippen molar-refractivity contribution in [2.75, 3.05) is 13.1 Å². The van der Waals surface area contributed by atoms with Gasteiger partial charge >= 0.3 is 0 Å². The van der Waals surface area contributed by atoms with Crippen molar-refractivity contribution in [2.24, 2.45) is 11.7 Å². The number of nitrogens with one attached hydrogen (secondary N) is 1. The van der Waals surface area contributed by atoms with Crippen molar-refractivity contribution in [2.45, 2.75) is 82.3 Å². The minimum absolute atomic E-state index is 0.0902. The predicted molar refractivity (Wildman–Crippen MR) is 99.9 cm³/mol. The third kappa shape index (κ3) is 4.29. The Morgan fingerprint density at radius 2 is 2.04 bits per heavy atom. The quantitative estimate of drug-likeness (QED) is 0.843. The summed E-state index contributed by atoms with van der Waals surface area (Å²) in [4.78, 5) is 15.0. The molecule has 3 fully saturated rings. The van der Waals surface area contributed by atoms with Gasteiger partial charge in [0.25, 0.3) is 5.91 Å². The van der Waals surface area contributed by atoms with E-state index in [1.54, 1.807) is 0 Å². The van der Waals surface area contributed by atoms with Crippen molar-refractivity contribution in [3.05, 3.63) is 17.5 Å². The molecule has 1 aliphatic heterocycles. The number of amides is 1. The Bertz CT molecular complexity index is 619. The normalized spacial score (nSPS) is 33.2. The summed E-state index contributed by atoms with van der Waals surface area (Å²) in [5, 5.41) is 7.12. The van der Waals surface area contributed by atoms with Crippen LogP contribution >= 0.6 is 0 Å². The van der Waals surface area contributed by atoms with E-state index in [2.05, 4.69) is 22.3 Å². The van der Waals surface area contributed by atoms with Crippen molar-refractivity contribution < 1.29 is 9.32 Å². The van der Waals surface area contributed by atoms with Gasteiger partial charge in [0.05, 0.1) is 0 Å². The summed E-state index contributed by atoms with van der Waals surface area (Å²) in [6.07, 6.45) is 9.19. The zero-order valence-electron chi connectivity index (χ0n) is 15.8. The molecule has 2 atom stereocenters. The summed E-state index contributed by atoms with van der Waals surface area (Å²) in [6.45, 7) is 4.53. The standard InChI is InChI=1S/C20H32N4O2/c1-13-10-17(8-9-24(13)12-14-2-6-16(21)7-3-14)22-20(25)18-11-19(26-23-18)15-4-5-15/h11,13-17H,2-10,12,21H2,1H3,(H,22,25)/t13-,14?,16?,17?/m0/s1. The van der Waals surface area contributed by atoms with Gasteiger partial charge in [-0.15, -0.1) is 0 Å². The highest BCUT2D eigenvalue weighted by molar-refractivity contribution is 5.92. The van der Waals surface area contributed by atoms with E-state index in [1.807, 2.05) is 6.07 Å². The van der Waals surface area contributed by atoms with Crippen LogP contribution in [0.4, 0.5) is 0 Å². The fourth-order valence-corrected chi connectivity index (χ4v) is 4.54. The number of nitrogens with zero attached hydrogens (tertiary/aromatic N) is 2. The molecule has 4 rings (SSSR count). The molecule has 0 radical (unpaired) electrons. The zero-order valence-corrected chi connectivity index (χ0v) is 15.8. The third-order valence-corrected chi connectivity index (χ3v) is 6.47. The molecule has 144 valence electrons. The minimum atomic E-state index is -0.0902. The molecule has 0 aromatic carbocycles. The van der Waals surface area contributed by atoms with Crippen LogP contribution in [0.1, 0.15) is 80.5 Å². The molecule has 0 bridgehead atoms. The first-order chi connectivity index (χ1) is 12.6. The molecule has 6 heteroatoms. The van der Waals surface area contributed by atoms with Gasteiger partial charge in [-0.2, -0.15) is 0 Å². The maximum absolute atomic E-state index is 12.4. The maximum atomic E-state index is 12.4. The number of piperidine rings is 1. The lowest BCUT2D eigenvalue weighted by Crippen LogP contribution is -2.50. The Morgan fingerprint density at radius 3 is 2.73 bits per heavy atom. The Hall–Kier alpha value is -1.40. The number of aromatic nitrogens is 1. The van der Waals surface area contributed by atoms with Crippen molar-refractivity contribution >= 4 is 5.91 Å². The van der Waals surface area contributed by atoms with Gasteiger partial charge in [0.2, 0.25) is 0 Å². The predicted octanol–water partition coefficient (Wildman–Crippen LogP) is 2.65. The topological polar surface area (TPSA) is 84.4 Å². The lowest BCUT2D eigenvalue weighted by molar-refractivity contribution is 0.0819. The number of carbonyl (C=O) groups is 1. The second-order valence-corrected chi connectivity index (χ2v) is 8.71. The van der Waals surface area contributed by atoms with E-state index in [0.717, 1.165) is 43.9 Å². The summed E-state index contributed by atoms with van der Waals surface area (Å²) in [5.74, 6) is 2.05. The van der Waals surface area contributed by atoms with Gasteiger partial charge in [0.15, 0.2) is 5.69 Å². The third-order valence-electron chi connectivity index (χ3n) is 6.47. The first-order valence-corrected chi connectivity index (χ1v) is 10.4. The molecule has 3 aliphatic rings. The van der Waals surface area contributed by atoms with Crippen molar-refractivity contribution in [1.82, 2.24) is 15.4 Å². The minimum Gasteiger partial charge on any atom is -0.360 e. The van der Waals surface area contributed by atoms with E-state index in [-0.39, 0.29) is 11.9 Å². The number of nitrogens with two attached hydrogens (primary N) is 1. The molecule has 1 aromatic rings. The molecule has 3 N–H and O–H groups in total. The molecule has 1 saturated heterocycles. The lowest BCUT2D eigenvalue weighted by atomic mass is 9.85. The first kappa shape index (κ1) is 18.0. The first-order valence-electron chi connectivity index (χ1n) is 10.4. The summed E-state index contributed by atoms with van der Waals surface area (Å²) in [6, 6.07) is 2.97. The van der Waals surface area contributed by atoms with Crippen LogP contribution in [0.3, 0.4) is 0 Å². The zero-order chi connectivity index (χ0) is 18.1. The molecular formula is C20H32N4O2. The molecule has 2 saturated carbocycles. The number of likely N-dealkylation sites (tertiary alicyclic amines) is 1. The Labute approximate surface area is 155 Å². The second-order valence-electron chi connectivity index (χ2n) is 8.71. The molecule has 0 spiro atoms. The second kappa shape index (κ2) is 7.69. The average Bonchev–Trinajstić information content (AvgIpc) is 3.36. The van der Waals surface area contributed by atoms with Crippen molar-refractivity contribution in [1.29, 1.82) is 0 Å². The van der Waals surface area contributed by atoms with E-state index in [9.17, 15) is 4.79 Å². The highest BCUT2D eigenvalue weighted by Gasteiger charge is 2.31. The smallest absolute Gasteiger partial charge is 0.273 e. The number of rotatable bonds is 5. The van der Waals surface area contributed by atoms with E-state index in [0.29, 0.717) is 23.7 Å². The summed E-state index contributed by atoms with van der Waals surface area (Å²) in [5.41, 5.74) is 6.46. The van der Waals surface area contributed by atoms with Crippen LogP contribution in [-0.2, 0) is 0 Å². The maximum Gasteiger partial charge on any atom is 0.273 e. The Balaban J connectivity index is 1.24. The number of hydrogen-bond acceptors (Lipinski definition) is 5. The molecule has 1 aromatic heterocycles. The van der Waals surface area contributed by atoms with Crippen LogP contribution < -0.4 is 11.1 Å². The Morgan fingerprint density at radius 1 is 1.27 bits per heavy atom. The van der Waals surface area contributed by atoms with Crippen LogP contribution in [-0.4, -0.2) is 47.2 Å². The molecule has 1 unspecified atom stereocenters. The van der Waals surface area contributed by atoms with Crippen LogP contribution in [0.25, 0.3) is 0 Å². The van der Waals surface area contributed by atoms with E-state index in [1.165, 1.54) is 32.2 Å². The van der Waals surface area contributed by atoms with Crippen LogP contribution in [0.5, 0.6) is 0 Å². The molecule has 2 aliphatic carbocycles. The molecule has 1 amide bonds. The summed E-state index contributed by atoms with van der Waals surface area (Å²) >= 11 is 0. The van der Waals surface area contributed by atoms with E-state index < -0.39 is 0 Å². The van der Waals surface area contributed by atoms with Gasteiger partial charge in [-0.3, -0.25) is 4.79 Å². The number of hydrogen-bond donors (Lipinski definition) is 2. The van der Waals surface area contributed by atoms with Gasteiger partial charge in [-0.25, -0.2) is 0 Å². The van der Waals surface area contributed by atoms with Crippen molar-refractivity contribution in [3.8, 4) is 0 Å². The SMILES string of the molecule is C[C@H]1CC(NC(=O)c2cc(C3CC3)on2)CCN1CC1CCC(N)CC1. The van der Waals surface area contributed by atoms with Gasteiger partial charge < -0.3 is 20.5 Å². The van der Waals surface area contributed by atoms with Gasteiger partial charge in [-0.05, 0) is 64.2 Å². The highest BCUT2D eigenvalue weighted by atomic mass is 16.5.